The number of amides is 1. The number of anilines is 2. The van der Waals surface area contributed by atoms with Crippen molar-refractivity contribution in [3.63, 3.8) is 0 Å². The summed E-state index contributed by atoms with van der Waals surface area (Å²) >= 11 is 6.03. The molecule has 21 heavy (non-hydrogen) atoms. The van der Waals surface area contributed by atoms with E-state index in [0.29, 0.717) is 16.3 Å². The van der Waals surface area contributed by atoms with Gasteiger partial charge in [-0.05, 0) is 41.3 Å². The lowest BCUT2D eigenvalue weighted by atomic mass is 9.87. The molecule has 110 valence electrons. The van der Waals surface area contributed by atoms with Crippen molar-refractivity contribution in [3.8, 4) is 0 Å². The van der Waals surface area contributed by atoms with E-state index in [1.807, 2.05) is 24.3 Å². The van der Waals surface area contributed by atoms with Crippen molar-refractivity contribution in [1.82, 2.24) is 0 Å². The van der Waals surface area contributed by atoms with Crippen LogP contribution in [0, 0.1) is 0 Å². The summed E-state index contributed by atoms with van der Waals surface area (Å²) in [4.78, 5) is 12.2. The van der Waals surface area contributed by atoms with Crippen molar-refractivity contribution >= 4 is 28.9 Å². The van der Waals surface area contributed by atoms with E-state index in [4.69, 9.17) is 17.3 Å². The maximum atomic E-state index is 12.2. The van der Waals surface area contributed by atoms with Gasteiger partial charge in [-0.25, -0.2) is 0 Å². The molecule has 2 rings (SSSR count). The monoisotopic (exact) mass is 302 g/mol. The number of halogens is 1. The average molecular weight is 303 g/mol. The summed E-state index contributed by atoms with van der Waals surface area (Å²) in [5.41, 5.74) is 8.59. The van der Waals surface area contributed by atoms with Gasteiger partial charge in [0.25, 0.3) is 5.91 Å². The average Bonchev–Trinajstić information content (AvgIpc) is 2.41. The molecule has 0 atom stereocenters. The van der Waals surface area contributed by atoms with Crippen molar-refractivity contribution in [1.29, 1.82) is 0 Å². The SMILES string of the molecule is CC(C)(C)c1ccc(NC(=O)c2cc(N)ccc2Cl)cc1. The summed E-state index contributed by atoms with van der Waals surface area (Å²) in [6, 6.07) is 12.7. The van der Waals surface area contributed by atoms with Gasteiger partial charge in [0.15, 0.2) is 0 Å². The first-order valence-electron chi connectivity index (χ1n) is 6.74. The molecule has 3 N–H and O–H groups in total. The van der Waals surface area contributed by atoms with E-state index >= 15 is 0 Å². The number of hydrogen-bond acceptors (Lipinski definition) is 2. The Hall–Kier alpha value is -2.00. The number of hydrogen-bond donors (Lipinski definition) is 2. The molecule has 0 saturated heterocycles. The molecule has 0 spiro atoms. The molecule has 0 aliphatic heterocycles. The molecule has 0 aliphatic carbocycles. The minimum atomic E-state index is -0.268. The normalized spacial score (nSPS) is 11.2. The molecule has 2 aromatic carbocycles. The number of nitrogen functional groups attached to an aromatic ring is 1. The van der Waals surface area contributed by atoms with Crippen LogP contribution in [0.2, 0.25) is 5.02 Å². The first-order chi connectivity index (χ1) is 9.77. The summed E-state index contributed by atoms with van der Waals surface area (Å²) in [7, 11) is 0. The fourth-order valence-electron chi connectivity index (χ4n) is 1.97. The lowest BCUT2D eigenvalue weighted by Gasteiger charge is -2.19. The molecule has 0 radical (unpaired) electrons. The summed E-state index contributed by atoms with van der Waals surface area (Å²) in [5.74, 6) is -0.268. The van der Waals surface area contributed by atoms with Gasteiger partial charge in [0.1, 0.15) is 0 Å². The third kappa shape index (κ3) is 3.76. The molecule has 0 saturated carbocycles. The molecule has 1 amide bonds. The first kappa shape index (κ1) is 15.4. The minimum Gasteiger partial charge on any atom is -0.399 e. The number of carbonyl (C=O) groups is 1. The van der Waals surface area contributed by atoms with Crippen LogP contribution in [0.5, 0.6) is 0 Å². The van der Waals surface area contributed by atoms with Gasteiger partial charge in [0, 0.05) is 11.4 Å². The molecule has 0 unspecified atom stereocenters. The topological polar surface area (TPSA) is 55.1 Å². The van der Waals surface area contributed by atoms with Gasteiger partial charge in [-0.3, -0.25) is 4.79 Å². The van der Waals surface area contributed by atoms with Crippen molar-refractivity contribution in [3.05, 3.63) is 58.6 Å². The van der Waals surface area contributed by atoms with E-state index in [1.54, 1.807) is 18.2 Å². The Labute approximate surface area is 130 Å². The summed E-state index contributed by atoms with van der Waals surface area (Å²) < 4.78 is 0. The van der Waals surface area contributed by atoms with Crippen LogP contribution in [0.3, 0.4) is 0 Å². The third-order valence-electron chi connectivity index (χ3n) is 3.24. The predicted octanol–water partition coefficient (Wildman–Crippen LogP) is 4.47. The van der Waals surface area contributed by atoms with E-state index in [2.05, 4.69) is 26.1 Å². The van der Waals surface area contributed by atoms with Gasteiger partial charge in [-0.1, -0.05) is 44.5 Å². The minimum absolute atomic E-state index is 0.0831. The number of nitrogens with one attached hydrogen (secondary N) is 1. The fraction of sp³-hybridized carbons (Fsp3) is 0.235. The van der Waals surface area contributed by atoms with Crippen LogP contribution in [-0.4, -0.2) is 5.91 Å². The summed E-state index contributed by atoms with van der Waals surface area (Å²) in [6.07, 6.45) is 0. The van der Waals surface area contributed by atoms with Crippen LogP contribution in [0.25, 0.3) is 0 Å². The lowest BCUT2D eigenvalue weighted by Crippen LogP contribution is -2.14. The molecular formula is C17H19ClN2O. The first-order valence-corrected chi connectivity index (χ1v) is 7.12. The largest absolute Gasteiger partial charge is 0.399 e. The van der Waals surface area contributed by atoms with E-state index in [9.17, 15) is 4.79 Å². The standard InChI is InChI=1S/C17H19ClN2O/c1-17(2,3)11-4-7-13(8-5-11)20-16(21)14-10-12(19)6-9-15(14)18/h4-10H,19H2,1-3H3,(H,20,21). The second kappa shape index (κ2) is 5.78. The van der Waals surface area contributed by atoms with Gasteiger partial charge in [-0.15, -0.1) is 0 Å². The predicted molar refractivity (Wildman–Crippen MR) is 89.0 cm³/mol. The Morgan fingerprint density at radius 3 is 2.29 bits per heavy atom. The van der Waals surface area contributed by atoms with Gasteiger partial charge < -0.3 is 11.1 Å². The molecule has 4 heteroatoms. The number of benzene rings is 2. The van der Waals surface area contributed by atoms with Crippen molar-refractivity contribution in [2.75, 3.05) is 11.1 Å². The maximum absolute atomic E-state index is 12.2. The number of rotatable bonds is 2. The van der Waals surface area contributed by atoms with Crippen LogP contribution in [0.15, 0.2) is 42.5 Å². The van der Waals surface area contributed by atoms with Gasteiger partial charge >= 0.3 is 0 Å². The second-order valence-corrected chi connectivity index (χ2v) is 6.43. The summed E-state index contributed by atoms with van der Waals surface area (Å²) in [6.45, 7) is 6.44. The zero-order valence-corrected chi connectivity index (χ0v) is 13.2. The Morgan fingerprint density at radius 2 is 1.71 bits per heavy atom. The molecule has 0 heterocycles. The van der Waals surface area contributed by atoms with Crippen molar-refractivity contribution < 1.29 is 4.79 Å². The van der Waals surface area contributed by atoms with Gasteiger partial charge in [-0.2, -0.15) is 0 Å². The Kier molecular flexibility index (Phi) is 4.24. The second-order valence-electron chi connectivity index (χ2n) is 6.02. The highest BCUT2D eigenvalue weighted by molar-refractivity contribution is 6.34. The van der Waals surface area contributed by atoms with Crippen molar-refractivity contribution in [2.24, 2.45) is 0 Å². The molecule has 0 aromatic heterocycles. The highest BCUT2D eigenvalue weighted by Gasteiger charge is 2.14. The van der Waals surface area contributed by atoms with Crippen LogP contribution < -0.4 is 11.1 Å². The Balaban J connectivity index is 2.18. The van der Waals surface area contributed by atoms with E-state index in [1.165, 1.54) is 5.56 Å². The van der Waals surface area contributed by atoms with Crippen LogP contribution in [-0.2, 0) is 5.41 Å². The van der Waals surface area contributed by atoms with Gasteiger partial charge in [0.05, 0.1) is 10.6 Å². The highest BCUT2D eigenvalue weighted by Crippen LogP contribution is 2.24. The Morgan fingerprint density at radius 1 is 1.10 bits per heavy atom. The van der Waals surface area contributed by atoms with E-state index in [0.717, 1.165) is 5.69 Å². The van der Waals surface area contributed by atoms with Crippen LogP contribution >= 0.6 is 11.6 Å². The molecule has 3 nitrogen and oxygen atoms in total. The molecule has 0 fully saturated rings. The van der Waals surface area contributed by atoms with Crippen LogP contribution in [0.1, 0.15) is 36.7 Å². The molecule has 0 aliphatic rings. The lowest BCUT2D eigenvalue weighted by molar-refractivity contribution is 0.102. The zero-order chi connectivity index (χ0) is 15.6. The molecular weight excluding hydrogens is 284 g/mol. The van der Waals surface area contributed by atoms with E-state index in [-0.39, 0.29) is 11.3 Å². The molecule has 0 bridgehead atoms. The maximum Gasteiger partial charge on any atom is 0.257 e. The number of carbonyl (C=O) groups excluding carboxylic acids is 1. The number of nitrogens with two attached hydrogens (primary N) is 1. The van der Waals surface area contributed by atoms with Gasteiger partial charge in [0.2, 0.25) is 0 Å². The quantitative estimate of drug-likeness (QED) is 0.804. The fourth-order valence-corrected chi connectivity index (χ4v) is 2.17. The summed E-state index contributed by atoms with van der Waals surface area (Å²) in [5, 5.41) is 3.21. The highest BCUT2D eigenvalue weighted by atomic mass is 35.5. The smallest absolute Gasteiger partial charge is 0.257 e. The van der Waals surface area contributed by atoms with Crippen LogP contribution in [0.4, 0.5) is 11.4 Å². The molecule has 2 aromatic rings. The third-order valence-corrected chi connectivity index (χ3v) is 3.57. The van der Waals surface area contributed by atoms with E-state index < -0.39 is 0 Å². The van der Waals surface area contributed by atoms with Crippen molar-refractivity contribution in [2.45, 2.75) is 26.2 Å². The zero-order valence-electron chi connectivity index (χ0n) is 12.4. The Bertz CT molecular complexity index is 657.